The summed E-state index contributed by atoms with van der Waals surface area (Å²) in [6, 6.07) is 51.9. The fourth-order valence-electron chi connectivity index (χ4n) is 5.12. The SMILES string of the molecule is Brc1ccc(-c2c(-c3ccccc3)c(-c3ccccc3)c(-c3ccccc3)n2Cc2ccccc2)cc1. The van der Waals surface area contributed by atoms with Crippen LogP contribution in [0.25, 0.3) is 44.8 Å². The molecule has 0 saturated carbocycles. The molecule has 0 N–H and O–H groups in total. The quantitative estimate of drug-likeness (QED) is 0.198. The second-order valence-corrected chi connectivity index (χ2v) is 10.0. The highest BCUT2D eigenvalue weighted by Crippen LogP contribution is 2.48. The van der Waals surface area contributed by atoms with Crippen LogP contribution in [0.3, 0.4) is 0 Å². The Bertz CT molecular complexity index is 1600. The molecule has 0 amide bonds. The number of aromatic nitrogens is 1. The number of halogens is 1. The fourth-order valence-corrected chi connectivity index (χ4v) is 5.38. The van der Waals surface area contributed by atoms with Gasteiger partial charge in [-0.05, 0) is 39.9 Å². The lowest BCUT2D eigenvalue weighted by atomic mass is 9.91. The number of hydrogen-bond donors (Lipinski definition) is 0. The van der Waals surface area contributed by atoms with Gasteiger partial charge in [-0.15, -0.1) is 0 Å². The van der Waals surface area contributed by atoms with Gasteiger partial charge < -0.3 is 4.57 Å². The van der Waals surface area contributed by atoms with Crippen molar-refractivity contribution < 1.29 is 0 Å². The first kappa shape index (κ1) is 23.3. The van der Waals surface area contributed by atoms with Crippen LogP contribution in [0.2, 0.25) is 0 Å². The molecule has 0 aliphatic rings. The van der Waals surface area contributed by atoms with Crippen molar-refractivity contribution in [3.05, 3.63) is 156 Å². The first-order valence-corrected chi connectivity index (χ1v) is 13.3. The molecule has 0 aliphatic carbocycles. The van der Waals surface area contributed by atoms with Gasteiger partial charge in [0.15, 0.2) is 0 Å². The maximum absolute atomic E-state index is 3.64. The number of hydrogen-bond acceptors (Lipinski definition) is 0. The Morgan fingerprint density at radius 1 is 0.405 bits per heavy atom. The molecule has 0 saturated heterocycles. The van der Waals surface area contributed by atoms with E-state index in [1.54, 1.807) is 0 Å². The van der Waals surface area contributed by atoms with Crippen LogP contribution in [-0.4, -0.2) is 4.57 Å². The summed E-state index contributed by atoms with van der Waals surface area (Å²) in [5.74, 6) is 0. The molecular weight excluding hydrogens is 514 g/mol. The van der Waals surface area contributed by atoms with Gasteiger partial charge in [0.25, 0.3) is 0 Å². The Kier molecular flexibility index (Phi) is 6.58. The second-order valence-electron chi connectivity index (χ2n) is 9.12. The van der Waals surface area contributed by atoms with E-state index < -0.39 is 0 Å². The monoisotopic (exact) mass is 539 g/mol. The predicted octanol–water partition coefficient (Wildman–Crippen LogP) is 9.97. The van der Waals surface area contributed by atoms with Gasteiger partial charge in [0.2, 0.25) is 0 Å². The van der Waals surface area contributed by atoms with Crippen LogP contribution < -0.4 is 0 Å². The van der Waals surface area contributed by atoms with Crippen LogP contribution in [0.1, 0.15) is 5.56 Å². The van der Waals surface area contributed by atoms with Crippen LogP contribution in [0.5, 0.6) is 0 Å². The van der Waals surface area contributed by atoms with Crippen molar-refractivity contribution in [3.63, 3.8) is 0 Å². The van der Waals surface area contributed by atoms with Gasteiger partial charge in [0.05, 0.1) is 11.4 Å². The minimum absolute atomic E-state index is 0.767. The summed E-state index contributed by atoms with van der Waals surface area (Å²) in [6.07, 6.45) is 0. The largest absolute Gasteiger partial charge is 0.335 e. The van der Waals surface area contributed by atoms with Crippen molar-refractivity contribution in [3.8, 4) is 44.8 Å². The fraction of sp³-hybridized carbons (Fsp3) is 0.0286. The minimum atomic E-state index is 0.767. The van der Waals surface area contributed by atoms with Crippen molar-refractivity contribution in [2.24, 2.45) is 0 Å². The molecule has 1 nitrogen and oxygen atoms in total. The van der Waals surface area contributed by atoms with Gasteiger partial charge in [-0.2, -0.15) is 0 Å². The average Bonchev–Trinajstić information content (AvgIpc) is 3.30. The molecule has 0 unspecified atom stereocenters. The van der Waals surface area contributed by atoms with E-state index in [2.05, 4.69) is 166 Å². The molecule has 2 heteroatoms. The first-order valence-electron chi connectivity index (χ1n) is 12.5. The molecular formula is C35H26BrN. The van der Waals surface area contributed by atoms with Crippen molar-refractivity contribution in [1.82, 2.24) is 4.57 Å². The summed E-state index contributed by atoms with van der Waals surface area (Å²) in [7, 11) is 0. The summed E-state index contributed by atoms with van der Waals surface area (Å²) >= 11 is 3.64. The highest BCUT2D eigenvalue weighted by atomic mass is 79.9. The summed E-state index contributed by atoms with van der Waals surface area (Å²) < 4.78 is 3.59. The summed E-state index contributed by atoms with van der Waals surface area (Å²) in [5.41, 5.74) is 11.1. The summed E-state index contributed by atoms with van der Waals surface area (Å²) in [4.78, 5) is 0. The summed E-state index contributed by atoms with van der Waals surface area (Å²) in [6.45, 7) is 0.767. The van der Waals surface area contributed by atoms with E-state index in [0.29, 0.717) is 0 Å². The molecule has 1 aromatic heterocycles. The van der Waals surface area contributed by atoms with E-state index in [0.717, 1.165) is 11.0 Å². The maximum Gasteiger partial charge on any atom is 0.0574 e. The van der Waals surface area contributed by atoms with Gasteiger partial charge in [0, 0.05) is 22.1 Å². The van der Waals surface area contributed by atoms with Gasteiger partial charge in [-0.3, -0.25) is 0 Å². The second kappa shape index (κ2) is 10.5. The molecule has 178 valence electrons. The number of benzene rings is 5. The number of nitrogens with zero attached hydrogens (tertiary/aromatic N) is 1. The molecule has 0 spiro atoms. The zero-order valence-corrected chi connectivity index (χ0v) is 22.0. The molecule has 1 heterocycles. The molecule has 0 radical (unpaired) electrons. The summed E-state index contributed by atoms with van der Waals surface area (Å²) in [5, 5.41) is 0. The number of rotatable bonds is 6. The van der Waals surface area contributed by atoms with Gasteiger partial charge in [-0.25, -0.2) is 0 Å². The lowest BCUT2D eigenvalue weighted by Crippen LogP contribution is -2.04. The maximum atomic E-state index is 3.64. The molecule has 0 bridgehead atoms. The molecule has 37 heavy (non-hydrogen) atoms. The van der Waals surface area contributed by atoms with Crippen molar-refractivity contribution in [1.29, 1.82) is 0 Å². The third-order valence-corrected chi connectivity index (χ3v) is 7.27. The Morgan fingerprint density at radius 2 is 0.784 bits per heavy atom. The Balaban J connectivity index is 1.78. The molecule has 0 aliphatic heterocycles. The molecule has 0 atom stereocenters. The molecule has 5 aromatic carbocycles. The Morgan fingerprint density at radius 3 is 1.24 bits per heavy atom. The highest BCUT2D eigenvalue weighted by Gasteiger charge is 2.27. The van der Waals surface area contributed by atoms with E-state index in [1.807, 2.05) is 0 Å². The van der Waals surface area contributed by atoms with Crippen molar-refractivity contribution in [2.45, 2.75) is 6.54 Å². The molecule has 6 aromatic rings. The Labute approximate surface area is 226 Å². The zero-order valence-electron chi connectivity index (χ0n) is 20.4. The zero-order chi connectivity index (χ0) is 25.0. The van der Waals surface area contributed by atoms with Gasteiger partial charge in [-0.1, -0.05) is 149 Å². The highest BCUT2D eigenvalue weighted by molar-refractivity contribution is 9.10. The van der Waals surface area contributed by atoms with E-state index in [9.17, 15) is 0 Å². The van der Waals surface area contributed by atoms with Crippen LogP contribution in [0.15, 0.2) is 150 Å². The van der Waals surface area contributed by atoms with Gasteiger partial charge in [0.1, 0.15) is 0 Å². The smallest absolute Gasteiger partial charge is 0.0574 e. The van der Waals surface area contributed by atoms with Gasteiger partial charge >= 0.3 is 0 Å². The Hall–Kier alpha value is -4.14. The third kappa shape index (κ3) is 4.69. The van der Waals surface area contributed by atoms with Crippen molar-refractivity contribution in [2.75, 3.05) is 0 Å². The average molecular weight is 541 g/mol. The topological polar surface area (TPSA) is 4.93 Å². The third-order valence-electron chi connectivity index (χ3n) is 6.74. The molecule has 6 rings (SSSR count). The van der Waals surface area contributed by atoms with Crippen LogP contribution in [0, 0.1) is 0 Å². The van der Waals surface area contributed by atoms with E-state index in [4.69, 9.17) is 0 Å². The standard InChI is InChI=1S/C35H26BrN/c36-31-23-21-30(22-24-31)35-33(28-17-9-3-10-18-28)32(27-15-7-2-8-16-27)34(29-19-11-4-12-20-29)37(35)25-26-13-5-1-6-14-26/h1-24H,25H2. The lowest BCUT2D eigenvalue weighted by molar-refractivity contribution is 0.823. The van der Waals surface area contributed by atoms with Crippen LogP contribution >= 0.6 is 15.9 Å². The van der Waals surface area contributed by atoms with E-state index in [1.165, 1.54) is 50.3 Å². The van der Waals surface area contributed by atoms with E-state index in [-0.39, 0.29) is 0 Å². The normalized spacial score (nSPS) is 10.9. The minimum Gasteiger partial charge on any atom is -0.335 e. The first-order chi connectivity index (χ1) is 18.3. The van der Waals surface area contributed by atoms with Crippen LogP contribution in [-0.2, 0) is 6.54 Å². The lowest BCUT2D eigenvalue weighted by Gasteiger charge is -2.16. The molecule has 0 fully saturated rings. The van der Waals surface area contributed by atoms with Crippen LogP contribution in [0.4, 0.5) is 0 Å². The van der Waals surface area contributed by atoms with E-state index >= 15 is 0 Å². The predicted molar refractivity (Wildman–Crippen MR) is 159 cm³/mol. The van der Waals surface area contributed by atoms with Crippen molar-refractivity contribution >= 4 is 15.9 Å².